The van der Waals surface area contributed by atoms with Crippen LogP contribution in [0.15, 0.2) is 23.6 Å². The number of alkyl halides is 1. The van der Waals surface area contributed by atoms with E-state index >= 15 is 0 Å². The third kappa shape index (κ3) is 3.30. The van der Waals surface area contributed by atoms with Gasteiger partial charge in [-0.2, -0.15) is 0 Å². The molecule has 0 amide bonds. The first-order valence-electron chi connectivity index (χ1n) is 5.38. The molecule has 2 aromatic rings. The lowest BCUT2D eigenvalue weighted by Crippen LogP contribution is -1.97. The fourth-order valence-electron chi connectivity index (χ4n) is 1.56. The second-order valence-corrected chi connectivity index (χ2v) is 5.42. The van der Waals surface area contributed by atoms with Crippen LogP contribution in [-0.2, 0) is 11.9 Å². The third-order valence-corrected chi connectivity index (χ3v) is 3.92. The molecule has 2 nitrogen and oxygen atoms in total. The van der Waals surface area contributed by atoms with E-state index in [4.69, 9.17) is 4.74 Å². The van der Waals surface area contributed by atoms with Gasteiger partial charge in [0.1, 0.15) is 17.4 Å². The van der Waals surface area contributed by atoms with Gasteiger partial charge < -0.3 is 4.74 Å². The molecule has 0 aliphatic carbocycles. The van der Waals surface area contributed by atoms with E-state index in [0.29, 0.717) is 6.61 Å². The highest BCUT2D eigenvalue weighted by atomic mass is 79.9. The molecule has 0 N–H and O–H groups in total. The molecule has 4 heteroatoms. The number of hydrogen-bond donors (Lipinski definition) is 0. The summed E-state index contributed by atoms with van der Waals surface area (Å²) in [7, 11) is 0. The van der Waals surface area contributed by atoms with E-state index in [1.54, 1.807) is 11.3 Å². The predicted octanol–water partition coefficient (Wildman–Crippen LogP) is 4.23. The zero-order valence-corrected chi connectivity index (χ0v) is 12.3. The molecule has 90 valence electrons. The van der Waals surface area contributed by atoms with Crippen molar-refractivity contribution in [1.29, 1.82) is 0 Å². The summed E-state index contributed by atoms with van der Waals surface area (Å²) in [6.45, 7) is 4.62. The van der Waals surface area contributed by atoms with Crippen molar-refractivity contribution in [2.75, 3.05) is 0 Å². The fraction of sp³-hybridized carbons (Fsp3) is 0.308. The highest BCUT2D eigenvalue weighted by Crippen LogP contribution is 2.24. The topological polar surface area (TPSA) is 22.1 Å². The maximum atomic E-state index is 5.80. The molecule has 0 aliphatic rings. The maximum Gasteiger partial charge on any atom is 0.140 e. The van der Waals surface area contributed by atoms with Gasteiger partial charge in [0, 0.05) is 22.0 Å². The van der Waals surface area contributed by atoms with Crippen molar-refractivity contribution < 1.29 is 4.74 Å². The average Bonchev–Trinajstić information content (AvgIpc) is 2.73. The van der Waals surface area contributed by atoms with Gasteiger partial charge >= 0.3 is 0 Å². The third-order valence-electron chi connectivity index (χ3n) is 2.38. The molecule has 0 saturated carbocycles. The van der Waals surface area contributed by atoms with Crippen LogP contribution in [0.25, 0.3) is 0 Å². The molecule has 1 aromatic carbocycles. The van der Waals surface area contributed by atoms with E-state index in [1.165, 1.54) is 11.1 Å². The summed E-state index contributed by atoms with van der Waals surface area (Å²) in [5.74, 6) is 0.931. The number of ether oxygens (including phenoxy) is 1. The van der Waals surface area contributed by atoms with Gasteiger partial charge in [0.15, 0.2) is 0 Å². The van der Waals surface area contributed by atoms with Crippen molar-refractivity contribution in [2.24, 2.45) is 0 Å². The van der Waals surface area contributed by atoms with Crippen LogP contribution in [0.2, 0.25) is 0 Å². The smallest absolute Gasteiger partial charge is 0.140 e. The summed E-state index contributed by atoms with van der Waals surface area (Å²) < 4.78 is 5.80. The zero-order valence-electron chi connectivity index (χ0n) is 9.87. The zero-order chi connectivity index (χ0) is 12.3. The maximum absolute atomic E-state index is 5.80. The highest BCUT2D eigenvalue weighted by Gasteiger charge is 2.05. The van der Waals surface area contributed by atoms with Crippen LogP contribution in [0.1, 0.15) is 21.8 Å². The second kappa shape index (κ2) is 5.65. The minimum atomic E-state index is 0.543. The molecule has 1 heterocycles. The highest BCUT2D eigenvalue weighted by molar-refractivity contribution is 9.08. The number of aryl methyl sites for hydroxylation is 2. The minimum Gasteiger partial charge on any atom is -0.486 e. The lowest BCUT2D eigenvalue weighted by atomic mass is 10.1. The molecular formula is C13H14BrNOS. The van der Waals surface area contributed by atoms with Gasteiger partial charge in [-0.15, -0.1) is 11.3 Å². The number of halogens is 1. The van der Waals surface area contributed by atoms with Crippen LogP contribution in [0, 0.1) is 13.8 Å². The predicted molar refractivity (Wildman–Crippen MR) is 75.0 cm³/mol. The molecule has 0 atom stereocenters. The van der Waals surface area contributed by atoms with Gasteiger partial charge in [-0.05, 0) is 19.9 Å². The molecular weight excluding hydrogens is 298 g/mol. The Labute approximate surface area is 114 Å². The summed E-state index contributed by atoms with van der Waals surface area (Å²) in [5.41, 5.74) is 3.48. The van der Waals surface area contributed by atoms with Crippen LogP contribution in [-0.4, -0.2) is 4.98 Å². The number of hydrogen-bond acceptors (Lipinski definition) is 3. The Morgan fingerprint density at radius 3 is 2.82 bits per heavy atom. The quantitative estimate of drug-likeness (QED) is 0.788. The normalized spacial score (nSPS) is 10.5. The van der Waals surface area contributed by atoms with Crippen LogP contribution in [0.5, 0.6) is 5.75 Å². The summed E-state index contributed by atoms with van der Waals surface area (Å²) in [4.78, 5) is 4.38. The lowest BCUT2D eigenvalue weighted by molar-refractivity contribution is 0.303. The van der Waals surface area contributed by atoms with Crippen molar-refractivity contribution in [3.05, 3.63) is 45.4 Å². The van der Waals surface area contributed by atoms with Gasteiger partial charge in [0.25, 0.3) is 0 Å². The molecule has 0 radical (unpaired) electrons. The van der Waals surface area contributed by atoms with Crippen LogP contribution >= 0.6 is 27.3 Å². The van der Waals surface area contributed by atoms with E-state index in [2.05, 4.69) is 40.0 Å². The van der Waals surface area contributed by atoms with Crippen LogP contribution in [0.4, 0.5) is 0 Å². The Morgan fingerprint density at radius 1 is 1.35 bits per heavy atom. The Hall–Kier alpha value is -0.870. The summed E-state index contributed by atoms with van der Waals surface area (Å²) >= 11 is 5.12. The van der Waals surface area contributed by atoms with Crippen LogP contribution in [0.3, 0.4) is 0 Å². The fourth-order valence-corrected chi connectivity index (χ4v) is 2.68. The first kappa shape index (κ1) is 12.6. The SMILES string of the molecule is Cc1ccc(OCc2nc(C)cs2)c(CBr)c1. The lowest BCUT2D eigenvalue weighted by Gasteiger charge is -2.09. The molecule has 1 aromatic heterocycles. The van der Waals surface area contributed by atoms with Gasteiger partial charge in [-0.1, -0.05) is 33.6 Å². The average molecular weight is 312 g/mol. The van der Waals surface area contributed by atoms with E-state index in [-0.39, 0.29) is 0 Å². The number of rotatable bonds is 4. The van der Waals surface area contributed by atoms with Gasteiger partial charge in [0.2, 0.25) is 0 Å². The molecule has 17 heavy (non-hydrogen) atoms. The standard InChI is InChI=1S/C13H14BrNOS/c1-9-3-4-12(11(5-9)6-14)16-7-13-15-10(2)8-17-13/h3-5,8H,6-7H2,1-2H3. The summed E-state index contributed by atoms with van der Waals surface area (Å²) in [5, 5.41) is 3.86. The van der Waals surface area contributed by atoms with Gasteiger partial charge in [0.05, 0.1) is 0 Å². The van der Waals surface area contributed by atoms with Crippen molar-refractivity contribution in [3.8, 4) is 5.75 Å². The number of thiazole rings is 1. The number of nitrogens with zero attached hydrogens (tertiary/aromatic N) is 1. The Kier molecular flexibility index (Phi) is 4.18. The number of benzene rings is 1. The molecule has 0 unspecified atom stereocenters. The summed E-state index contributed by atoms with van der Waals surface area (Å²) in [6, 6.07) is 6.22. The first-order chi connectivity index (χ1) is 8.19. The largest absolute Gasteiger partial charge is 0.486 e. The second-order valence-electron chi connectivity index (χ2n) is 3.92. The molecule has 2 rings (SSSR count). The van der Waals surface area contributed by atoms with Crippen molar-refractivity contribution >= 4 is 27.3 Å². The van der Waals surface area contributed by atoms with E-state index in [9.17, 15) is 0 Å². The summed E-state index contributed by atoms with van der Waals surface area (Å²) in [6.07, 6.45) is 0. The van der Waals surface area contributed by atoms with Crippen molar-refractivity contribution in [1.82, 2.24) is 4.98 Å². The minimum absolute atomic E-state index is 0.543. The van der Waals surface area contributed by atoms with Crippen LogP contribution < -0.4 is 4.74 Å². The Balaban J connectivity index is 2.08. The first-order valence-corrected chi connectivity index (χ1v) is 7.38. The molecule has 0 bridgehead atoms. The van der Waals surface area contributed by atoms with E-state index in [1.807, 2.05) is 18.4 Å². The molecule has 0 spiro atoms. The molecule has 0 aliphatic heterocycles. The van der Waals surface area contributed by atoms with Crippen molar-refractivity contribution in [2.45, 2.75) is 25.8 Å². The Bertz CT molecular complexity index is 510. The number of aromatic nitrogens is 1. The van der Waals surface area contributed by atoms with E-state index < -0.39 is 0 Å². The van der Waals surface area contributed by atoms with E-state index in [0.717, 1.165) is 21.8 Å². The van der Waals surface area contributed by atoms with Gasteiger partial charge in [-0.25, -0.2) is 4.98 Å². The van der Waals surface area contributed by atoms with Crippen molar-refractivity contribution in [3.63, 3.8) is 0 Å². The monoisotopic (exact) mass is 311 g/mol. The molecule has 0 fully saturated rings. The molecule has 0 saturated heterocycles. The Morgan fingerprint density at radius 2 is 2.18 bits per heavy atom. The van der Waals surface area contributed by atoms with Gasteiger partial charge in [-0.3, -0.25) is 0 Å².